The Labute approximate surface area is 126 Å². The van der Waals surface area contributed by atoms with Gasteiger partial charge in [0.2, 0.25) is 0 Å². The number of hydrogen-bond donors (Lipinski definition) is 0. The van der Waals surface area contributed by atoms with Gasteiger partial charge >= 0.3 is 5.97 Å². The lowest BCUT2D eigenvalue weighted by Crippen LogP contribution is -2.36. The summed E-state index contributed by atoms with van der Waals surface area (Å²) in [5, 5.41) is 0. The number of methoxy groups -OCH3 is 2. The maximum atomic E-state index is 11.7. The summed E-state index contributed by atoms with van der Waals surface area (Å²) < 4.78 is 15.5. The van der Waals surface area contributed by atoms with Crippen molar-refractivity contribution in [2.24, 2.45) is 0 Å². The smallest absolute Gasteiger partial charge is 0.320 e. The lowest BCUT2D eigenvalue weighted by molar-refractivity contribution is -0.145. The van der Waals surface area contributed by atoms with E-state index in [0.717, 1.165) is 5.56 Å². The zero-order valence-corrected chi connectivity index (χ0v) is 13.5. The molecule has 0 saturated carbocycles. The molecule has 1 aromatic rings. The number of rotatable bonds is 8. The van der Waals surface area contributed by atoms with E-state index in [9.17, 15) is 4.79 Å². The predicted molar refractivity (Wildman–Crippen MR) is 81.7 cm³/mol. The lowest BCUT2D eigenvalue weighted by atomic mass is 10.1. The highest BCUT2D eigenvalue weighted by Gasteiger charge is 2.16. The Morgan fingerprint density at radius 1 is 1.19 bits per heavy atom. The van der Waals surface area contributed by atoms with Crippen molar-refractivity contribution in [2.45, 2.75) is 33.4 Å². The van der Waals surface area contributed by atoms with Gasteiger partial charge in [-0.05, 0) is 38.5 Å². The zero-order valence-electron chi connectivity index (χ0n) is 13.5. The summed E-state index contributed by atoms with van der Waals surface area (Å²) in [4.78, 5) is 13.7. The molecule has 0 atom stereocenters. The Balaban J connectivity index is 2.81. The summed E-state index contributed by atoms with van der Waals surface area (Å²) in [6.07, 6.45) is 0. The molecule has 5 nitrogen and oxygen atoms in total. The number of nitrogens with zero attached hydrogens (tertiary/aromatic N) is 1. The van der Waals surface area contributed by atoms with Crippen LogP contribution in [0.4, 0.5) is 0 Å². The van der Waals surface area contributed by atoms with E-state index in [1.54, 1.807) is 14.2 Å². The first-order valence-electron chi connectivity index (χ1n) is 7.12. The molecule has 118 valence electrons. The van der Waals surface area contributed by atoms with Crippen molar-refractivity contribution >= 4 is 5.97 Å². The van der Waals surface area contributed by atoms with Crippen LogP contribution in [0.15, 0.2) is 18.2 Å². The molecule has 0 unspecified atom stereocenters. The van der Waals surface area contributed by atoms with Crippen LogP contribution in [0.25, 0.3) is 0 Å². The molecule has 0 aliphatic carbocycles. The van der Waals surface area contributed by atoms with E-state index in [0.29, 0.717) is 24.7 Å². The Hall–Kier alpha value is -1.75. The molecule has 0 saturated heterocycles. The fourth-order valence-electron chi connectivity index (χ4n) is 2.01. The van der Waals surface area contributed by atoms with Crippen molar-refractivity contribution in [1.82, 2.24) is 4.90 Å². The third-order valence-electron chi connectivity index (χ3n) is 3.20. The highest BCUT2D eigenvalue weighted by molar-refractivity contribution is 5.71. The number of carbonyl (C=O) groups is 1. The summed E-state index contributed by atoms with van der Waals surface area (Å²) in [6, 6.07) is 6.01. The predicted octanol–water partition coefficient (Wildman–Crippen LogP) is 2.48. The van der Waals surface area contributed by atoms with Gasteiger partial charge in [0.05, 0.1) is 27.4 Å². The van der Waals surface area contributed by atoms with Crippen LogP contribution in [0.2, 0.25) is 0 Å². The highest BCUT2D eigenvalue weighted by atomic mass is 16.5. The topological polar surface area (TPSA) is 48.0 Å². The van der Waals surface area contributed by atoms with Gasteiger partial charge in [0.25, 0.3) is 0 Å². The Bertz CT molecular complexity index is 460. The zero-order chi connectivity index (χ0) is 15.8. The van der Waals surface area contributed by atoms with Crippen molar-refractivity contribution in [2.75, 3.05) is 27.4 Å². The van der Waals surface area contributed by atoms with E-state index in [4.69, 9.17) is 14.2 Å². The first-order valence-corrected chi connectivity index (χ1v) is 7.12. The van der Waals surface area contributed by atoms with Crippen LogP contribution < -0.4 is 9.47 Å². The molecular weight excluding hydrogens is 270 g/mol. The number of hydrogen-bond acceptors (Lipinski definition) is 5. The van der Waals surface area contributed by atoms with Crippen LogP contribution in [0.1, 0.15) is 26.3 Å². The van der Waals surface area contributed by atoms with Gasteiger partial charge < -0.3 is 14.2 Å². The second-order valence-electron chi connectivity index (χ2n) is 4.99. The largest absolute Gasteiger partial charge is 0.493 e. The van der Waals surface area contributed by atoms with Gasteiger partial charge in [0.15, 0.2) is 11.5 Å². The van der Waals surface area contributed by atoms with Crippen molar-refractivity contribution in [3.63, 3.8) is 0 Å². The number of benzene rings is 1. The van der Waals surface area contributed by atoms with Crippen LogP contribution in [-0.2, 0) is 16.1 Å². The van der Waals surface area contributed by atoms with Gasteiger partial charge in [0.1, 0.15) is 0 Å². The van der Waals surface area contributed by atoms with Crippen molar-refractivity contribution in [1.29, 1.82) is 0 Å². The van der Waals surface area contributed by atoms with Gasteiger partial charge in [-0.25, -0.2) is 0 Å². The van der Waals surface area contributed by atoms with Gasteiger partial charge in [-0.1, -0.05) is 6.07 Å². The monoisotopic (exact) mass is 295 g/mol. The number of carbonyl (C=O) groups excluding carboxylic acids is 1. The van der Waals surface area contributed by atoms with Crippen LogP contribution in [0.3, 0.4) is 0 Å². The molecule has 0 amide bonds. The molecule has 0 spiro atoms. The fraction of sp³-hybridized carbons (Fsp3) is 0.562. The first-order chi connectivity index (χ1) is 10.0. The molecule has 0 aromatic heterocycles. The summed E-state index contributed by atoms with van der Waals surface area (Å²) in [7, 11) is 3.22. The summed E-state index contributed by atoms with van der Waals surface area (Å²) in [5.41, 5.74) is 1.06. The molecule has 0 N–H and O–H groups in total. The minimum absolute atomic E-state index is 0.202. The molecule has 0 heterocycles. The van der Waals surface area contributed by atoms with Crippen LogP contribution in [-0.4, -0.2) is 44.3 Å². The summed E-state index contributed by atoms with van der Waals surface area (Å²) in [5.74, 6) is 1.18. The van der Waals surface area contributed by atoms with Crippen LogP contribution >= 0.6 is 0 Å². The minimum Gasteiger partial charge on any atom is -0.493 e. The molecule has 1 aromatic carbocycles. The number of ether oxygens (including phenoxy) is 3. The Morgan fingerprint density at radius 3 is 2.38 bits per heavy atom. The first kappa shape index (κ1) is 17.3. The van der Waals surface area contributed by atoms with Gasteiger partial charge in [-0.3, -0.25) is 9.69 Å². The average molecular weight is 295 g/mol. The van der Waals surface area contributed by atoms with E-state index >= 15 is 0 Å². The molecular formula is C16H25NO4. The second kappa shape index (κ2) is 8.52. The quantitative estimate of drug-likeness (QED) is 0.690. The molecule has 0 aliphatic rings. The maximum absolute atomic E-state index is 11.7. The minimum atomic E-state index is -0.202. The molecule has 1 rings (SSSR count). The maximum Gasteiger partial charge on any atom is 0.320 e. The highest BCUT2D eigenvalue weighted by Crippen LogP contribution is 2.28. The SMILES string of the molecule is CCOC(=O)CN(Cc1ccc(OC)c(OC)c1)C(C)C. The van der Waals surface area contributed by atoms with Crippen molar-refractivity contribution < 1.29 is 19.0 Å². The number of esters is 1. The van der Waals surface area contributed by atoms with Gasteiger partial charge in [-0.15, -0.1) is 0 Å². The van der Waals surface area contributed by atoms with Crippen molar-refractivity contribution in [3.05, 3.63) is 23.8 Å². The Kier molecular flexibility index (Phi) is 7.02. The standard InChI is InChI=1S/C16H25NO4/c1-6-21-16(18)11-17(12(2)3)10-13-7-8-14(19-4)15(9-13)20-5/h7-9,12H,6,10-11H2,1-5H3. The summed E-state index contributed by atoms with van der Waals surface area (Å²) in [6.45, 7) is 7.25. The van der Waals surface area contributed by atoms with E-state index in [-0.39, 0.29) is 18.6 Å². The van der Waals surface area contributed by atoms with Gasteiger partial charge in [0, 0.05) is 12.6 Å². The lowest BCUT2D eigenvalue weighted by Gasteiger charge is -2.25. The van der Waals surface area contributed by atoms with E-state index in [1.165, 1.54) is 0 Å². The fourth-order valence-corrected chi connectivity index (χ4v) is 2.01. The van der Waals surface area contributed by atoms with E-state index in [2.05, 4.69) is 18.7 Å². The third kappa shape index (κ3) is 5.27. The molecule has 5 heteroatoms. The second-order valence-corrected chi connectivity index (χ2v) is 4.99. The van der Waals surface area contributed by atoms with Gasteiger partial charge in [-0.2, -0.15) is 0 Å². The Morgan fingerprint density at radius 2 is 1.86 bits per heavy atom. The molecule has 0 fully saturated rings. The van der Waals surface area contributed by atoms with E-state index in [1.807, 2.05) is 25.1 Å². The molecule has 0 bridgehead atoms. The molecule has 0 radical (unpaired) electrons. The average Bonchev–Trinajstić information content (AvgIpc) is 2.46. The van der Waals surface area contributed by atoms with Crippen LogP contribution in [0, 0.1) is 0 Å². The summed E-state index contributed by atoms with van der Waals surface area (Å²) >= 11 is 0. The third-order valence-corrected chi connectivity index (χ3v) is 3.20. The van der Waals surface area contributed by atoms with Crippen LogP contribution in [0.5, 0.6) is 11.5 Å². The van der Waals surface area contributed by atoms with Crippen molar-refractivity contribution in [3.8, 4) is 11.5 Å². The normalized spacial score (nSPS) is 10.8. The molecule has 0 aliphatic heterocycles. The van der Waals surface area contributed by atoms with E-state index < -0.39 is 0 Å². The molecule has 21 heavy (non-hydrogen) atoms.